The summed E-state index contributed by atoms with van der Waals surface area (Å²) in [6.45, 7) is 4.73. The number of carbonyl (C=O) groups is 1. The van der Waals surface area contributed by atoms with Crippen molar-refractivity contribution in [3.8, 4) is 11.4 Å². The van der Waals surface area contributed by atoms with Crippen LogP contribution in [-0.2, 0) is 34.7 Å². The number of rotatable bonds is 2. The first-order valence-electron chi connectivity index (χ1n) is 12.5. The first-order chi connectivity index (χ1) is 17.2. The molecule has 1 fully saturated rings. The molecule has 0 unspecified atom stereocenters. The zero-order valence-corrected chi connectivity index (χ0v) is 20.1. The van der Waals surface area contributed by atoms with Crippen molar-refractivity contribution in [3.05, 3.63) is 61.7 Å². The molecule has 9 heteroatoms. The number of cyclic esters (lactones) is 1. The molecule has 3 aromatic rings. The van der Waals surface area contributed by atoms with Crippen molar-refractivity contribution < 1.29 is 24.1 Å². The number of pyridine rings is 2. The van der Waals surface area contributed by atoms with Crippen LogP contribution in [0.1, 0.15) is 59.2 Å². The third-order valence-corrected chi connectivity index (χ3v) is 8.68. The maximum atomic E-state index is 14.9. The summed E-state index contributed by atoms with van der Waals surface area (Å²) in [5.41, 5.74) is 3.50. The van der Waals surface area contributed by atoms with Gasteiger partial charge in [-0.25, -0.2) is 14.2 Å². The van der Waals surface area contributed by atoms with E-state index >= 15 is 0 Å². The maximum Gasteiger partial charge on any atom is 0.343 e. The molecule has 2 atom stereocenters. The number of halogens is 1. The van der Waals surface area contributed by atoms with E-state index in [2.05, 4.69) is 4.90 Å². The number of aromatic nitrogens is 2. The number of nitrogens with zero attached hydrogens (tertiary/aromatic N) is 3. The molecule has 0 amide bonds. The average molecular weight is 492 g/mol. The minimum atomic E-state index is -1.90. The van der Waals surface area contributed by atoms with Gasteiger partial charge in [0, 0.05) is 41.7 Å². The van der Waals surface area contributed by atoms with Crippen LogP contribution in [0.15, 0.2) is 16.9 Å². The molecule has 0 radical (unpaired) electrons. The first kappa shape index (κ1) is 22.1. The standard InChI is InChI=1S/C27H26FN3O5/c1-3-27(35)17-6-21-24-15(10-31(21)25(33)16(17)11-36-26(27)34)23-20(30-8-13(32)9-30)5-4-14-12(2)18(28)7-19(29-24)22(14)23/h6-7,13,20,32,35H,3-5,8-11H2,1-2H3/t20-,27-/m0/s1. The summed E-state index contributed by atoms with van der Waals surface area (Å²) >= 11 is 0. The highest BCUT2D eigenvalue weighted by atomic mass is 19.1. The van der Waals surface area contributed by atoms with E-state index < -0.39 is 11.6 Å². The Kier molecular flexibility index (Phi) is 4.43. The van der Waals surface area contributed by atoms with Crippen molar-refractivity contribution in [2.75, 3.05) is 13.1 Å². The Morgan fingerprint density at radius 2 is 2.00 bits per heavy atom. The first-order valence-corrected chi connectivity index (χ1v) is 12.5. The van der Waals surface area contributed by atoms with E-state index in [9.17, 15) is 24.2 Å². The second-order valence-corrected chi connectivity index (χ2v) is 10.5. The highest BCUT2D eigenvalue weighted by molar-refractivity contribution is 5.93. The number of aliphatic hydroxyl groups is 2. The second-order valence-electron chi connectivity index (χ2n) is 10.5. The van der Waals surface area contributed by atoms with Crippen LogP contribution >= 0.6 is 0 Å². The number of aryl methyl sites for hydroxylation is 1. The van der Waals surface area contributed by atoms with Gasteiger partial charge >= 0.3 is 5.97 Å². The third-order valence-electron chi connectivity index (χ3n) is 8.68. The van der Waals surface area contributed by atoms with Crippen molar-refractivity contribution >= 4 is 16.9 Å². The summed E-state index contributed by atoms with van der Waals surface area (Å²) in [5.74, 6) is -1.07. The van der Waals surface area contributed by atoms with Crippen molar-refractivity contribution in [1.29, 1.82) is 0 Å². The summed E-state index contributed by atoms with van der Waals surface area (Å²) in [5, 5.41) is 22.1. The Morgan fingerprint density at radius 3 is 2.72 bits per heavy atom. The fourth-order valence-corrected chi connectivity index (χ4v) is 6.64. The molecule has 4 aliphatic rings. The van der Waals surface area contributed by atoms with E-state index in [1.807, 2.05) is 0 Å². The normalized spacial score (nSPS) is 24.8. The van der Waals surface area contributed by atoms with Gasteiger partial charge in [0.2, 0.25) is 0 Å². The molecule has 2 N–H and O–H groups in total. The number of β-amino-alcohol motifs (C(OH)–C–C–N with tert-alkyl or cyclic N) is 1. The van der Waals surface area contributed by atoms with Crippen LogP contribution in [0.25, 0.3) is 22.3 Å². The van der Waals surface area contributed by atoms with Crippen LogP contribution in [0, 0.1) is 12.7 Å². The van der Waals surface area contributed by atoms with Gasteiger partial charge in [-0.2, -0.15) is 0 Å². The van der Waals surface area contributed by atoms with E-state index in [0.717, 1.165) is 34.9 Å². The highest BCUT2D eigenvalue weighted by Crippen LogP contribution is 2.48. The van der Waals surface area contributed by atoms with Gasteiger partial charge in [0.15, 0.2) is 5.60 Å². The predicted octanol–water partition coefficient (Wildman–Crippen LogP) is 2.19. The number of ether oxygens (including phenoxy) is 1. The van der Waals surface area contributed by atoms with Crippen molar-refractivity contribution in [3.63, 3.8) is 0 Å². The number of esters is 1. The summed E-state index contributed by atoms with van der Waals surface area (Å²) in [7, 11) is 0. The van der Waals surface area contributed by atoms with E-state index in [1.165, 1.54) is 6.07 Å². The quantitative estimate of drug-likeness (QED) is 0.414. The van der Waals surface area contributed by atoms with Gasteiger partial charge in [-0.15, -0.1) is 0 Å². The van der Waals surface area contributed by atoms with E-state index in [0.29, 0.717) is 42.1 Å². The Labute approximate surface area is 205 Å². The van der Waals surface area contributed by atoms with Crippen LogP contribution in [0.4, 0.5) is 4.39 Å². The Morgan fingerprint density at radius 1 is 1.22 bits per heavy atom. The van der Waals surface area contributed by atoms with Crippen molar-refractivity contribution in [2.45, 2.75) is 64.0 Å². The fourth-order valence-electron chi connectivity index (χ4n) is 6.64. The average Bonchev–Trinajstić information content (AvgIpc) is 3.22. The van der Waals surface area contributed by atoms with Crippen LogP contribution in [0.2, 0.25) is 0 Å². The molecule has 0 bridgehead atoms. The molecule has 0 saturated carbocycles. The van der Waals surface area contributed by atoms with Crippen LogP contribution in [0.5, 0.6) is 0 Å². The summed E-state index contributed by atoms with van der Waals surface area (Å²) in [4.78, 5) is 33.2. The molecular formula is C27H26FN3O5. The number of fused-ring (bicyclic) bond motifs is 5. The van der Waals surface area contributed by atoms with Gasteiger partial charge in [-0.3, -0.25) is 9.69 Å². The van der Waals surface area contributed by atoms with E-state index in [-0.39, 0.29) is 47.7 Å². The lowest BCUT2D eigenvalue weighted by atomic mass is 9.80. The zero-order valence-electron chi connectivity index (χ0n) is 20.1. The number of carbonyl (C=O) groups excluding carboxylic acids is 1. The smallest absolute Gasteiger partial charge is 0.343 e. The maximum absolute atomic E-state index is 14.9. The number of hydrogen-bond acceptors (Lipinski definition) is 7. The topological polar surface area (TPSA) is 105 Å². The molecule has 1 saturated heterocycles. The number of benzene rings is 1. The monoisotopic (exact) mass is 491 g/mol. The zero-order chi connectivity index (χ0) is 25.1. The van der Waals surface area contributed by atoms with Gasteiger partial charge < -0.3 is 19.5 Å². The van der Waals surface area contributed by atoms with Crippen molar-refractivity contribution in [1.82, 2.24) is 14.5 Å². The van der Waals surface area contributed by atoms with Gasteiger partial charge in [0.05, 0.1) is 35.1 Å². The van der Waals surface area contributed by atoms with Gasteiger partial charge in [0.1, 0.15) is 12.4 Å². The van der Waals surface area contributed by atoms with Gasteiger partial charge in [-0.1, -0.05) is 6.92 Å². The Hall–Kier alpha value is -3.14. The largest absolute Gasteiger partial charge is 0.458 e. The summed E-state index contributed by atoms with van der Waals surface area (Å²) in [6, 6.07) is 3.18. The van der Waals surface area contributed by atoms with Crippen LogP contribution in [-0.4, -0.2) is 49.8 Å². The van der Waals surface area contributed by atoms with E-state index in [1.54, 1.807) is 24.5 Å². The molecule has 2 aromatic heterocycles. The molecular weight excluding hydrogens is 465 g/mol. The van der Waals surface area contributed by atoms with E-state index in [4.69, 9.17) is 9.72 Å². The molecule has 7 rings (SSSR count). The van der Waals surface area contributed by atoms with Crippen LogP contribution < -0.4 is 5.56 Å². The van der Waals surface area contributed by atoms with Gasteiger partial charge in [0.25, 0.3) is 5.56 Å². The lowest BCUT2D eigenvalue weighted by Gasteiger charge is -2.44. The Bertz CT molecular complexity index is 1570. The fraction of sp³-hybridized carbons (Fsp3) is 0.444. The molecule has 36 heavy (non-hydrogen) atoms. The van der Waals surface area contributed by atoms with Crippen LogP contribution in [0.3, 0.4) is 0 Å². The molecule has 5 heterocycles. The van der Waals surface area contributed by atoms with Gasteiger partial charge in [-0.05, 0) is 48.9 Å². The molecule has 0 spiro atoms. The minimum Gasteiger partial charge on any atom is -0.458 e. The van der Waals surface area contributed by atoms with Crippen molar-refractivity contribution in [2.24, 2.45) is 0 Å². The third kappa shape index (κ3) is 2.65. The molecule has 3 aliphatic heterocycles. The Balaban J connectivity index is 1.53. The molecule has 1 aliphatic carbocycles. The SMILES string of the molecule is CC[C@@]1(O)C(=O)OCc2c1cc1n(c2=O)Cc2c-1nc1cc(F)c(C)c3c1c2[C@@H](N1CC(O)C1)CC3. The summed E-state index contributed by atoms with van der Waals surface area (Å²) < 4.78 is 21.7. The lowest BCUT2D eigenvalue weighted by molar-refractivity contribution is -0.172. The number of likely N-dealkylation sites (tertiary alicyclic amines) is 1. The number of hydrogen-bond donors (Lipinski definition) is 2. The molecule has 8 nitrogen and oxygen atoms in total. The molecule has 1 aromatic carbocycles. The summed E-state index contributed by atoms with van der Waals surface area (Å²) in [6.07, 6.45) is 1.21. The highest BCUT2D eigenvalue weighted by Gasteiger charge is 2.46. The minimum absolute atomic E-state index is 0.0298. The predicted molar refractivity (Wildman–Crippen MR) is 128 cm³/mol. The lowest BCUT2D eigenvalue weighted by Crippen LogP contribution is -2.52. The second kappa shape index (κ2) is 7.21. The molecule has 186 valence electrons. The number of aliphatic hydroxyl groups excluding tert-OH is 1.